The van der Waals surface area contributed by atoms with Crippen LogP contribution in [0.4, 0.5) is 5.82 Å². The molecule has 1 aliphatic heterocycles. The van der Waals surface area contributed by atoms with Gasteiger partial charge < -0.3 is 45.2 Å². The number of thiazole rings is 1. The Morgan fingerprint density at radius 1 is 0.753 bits per heavy atom. The first-order valence-electron chi connectivity index (χ1n) is 29.6. The number of benzene rings is 3. The van der Waals surface area contributed by atoms with Gasteiger partial charge in [0.1, 0.15) is 24.5 Å². The molecule has 0 radical (unpaired) electrons. The summed E-state index contributed by atoms with van der Waals surface area (Å²) in [5, 5.41) is 10.6. The highest BCUT2D eigenvalue weighted by Gasteiger charge is 2.44. The van der Waals surface area contributed by atoms with Crippen LogP contribution in [-0.2, 0) is 61.2 Å². The fraction of sp³-hybridized carbons (Fsp3) is 0.455. The molecule has 3 atom stereocenters. The second-order valence-corrected chi connectivity index (χ2v) is 24.2. The van der Waals surface area contributed by atoms with E-state index in [0.29, 0.717) is 75.1 Å². The summed E-state index contributed by atoms with van der Waals surface area (Å²) in [6, 6.07) is 31.7. The number of aliphatic hydroxyl groups excluding tert-OH is 1. The van der Waals surface area contributed by atoms with Gasteiger partial charge in [0.2, 0.25) is 5.91 Å². The van der Waals surface area contributed by atoms with Gasteiger partial charge in [0.15, 0.2) is 28.8 Å². The smallest absolute Gasteiger partial charge is 0.227 e. The number of anilines is 1. The Kier molecular flexibility index (Phi) is 21.7. The number of hydrogen-bond acceptors (Lipinski definition) is 17. The number of hydrogen-bond donors (Lipinski definition) is 3. The number of pyridine rings is 2. The summed E-state index contributed by atoms with van der Waals surface area (Å²) >= 11 is 1.59. The van der Waals surface area contributed by atoms with E-state index in [-0.39, 0.29) is 87.6 Å². The third kappa shape index (κ3) is 16.5. The Hall–Kier alpha value is -6.94. The molecule has 5 heterocycles. The molecule has 19 heteroatoms. The maximum absolute atomic E-state index is 14.1. The summed E-state index contributed by atoms with van der Waals surface area (Å²) in [5.41, 5.74) is 24.1. The van der Waals surface area contributed by atoms with Crippen molar-refractivity contribution in [2.75, 3.05) is 78.3 Å². The van der Waals surface area contributed by atoms with Crippen LogP contribution in [0.1, 0.15) is 94.5 Å². The van der Waals surface area contributed by atoms with Gasteiger partial charge in [-0.3, -0.25) is 23.7 Å². The Labute approximate surface area is 501 Å². The quantitative estimate of drug-likeness (QED) is 0.0333. The molecule has 450 valence electrons. The second kappa shape index (κ2) is 29.4. The number of carbonyl (C=O) groups is 4. The number of ether oxygens (including phenoxy) is 5. The van der Waals surface area contributed by atoms with Crippen LogP contribution in [-0.4, -0.2) is 143 Å². The summed E-state index contributed by atoms with van der Waals surface area (Å²) in [6.07, 6.45) is 6.61. The molecule has 1 saturated carbocycles. The highest BCUT2D eigenvalue weighted by molar-refractivity contribution is 7.13. The number of nitrogens with zero attached hydrogens (tertiary/aromatic N) is 6. The number of aromatic nitrogens is 5. The van der Waals surface area contributed by atoms with Crippen molar-refractivity contribution in [3.8, 4) is 38.8 Å². The summed E-state index contributed by atoms with van der Waals surface area (Å²) in [4.78, 5) is 74.9. The number of amides is 1. The third-order valence-corrected chi connectivity index (χ3v) is 17.0. The number of Topliss-reactive ketones (excluding diaryl/α,β-unsaturated/α-hetero) is 3. The van der Waals surface area contributed by atoms with Gasteiger partial charge >= 0.3 is 0 Å². The van der Waals surface area contributed by atoms with E-state index in [0.717, 1.165) is 81.0 Å². The maximum atomic E-state index is 14.1. The van der Waals surface area contributed by atoms with E-state index in [9.17, 15) is 24.3 Å². The number of aryl methyl sites for hydroxylation is 3. The van der Waals surface area contributed by atoms with Crippen molar-refractivity contribution in [1.29, 1.82) is 0 Å². The van der Waals surface area contributed by atoms with Crippen LogP contribution in [0.25, 0.3) is 49.9 Å². The number of likely N-dealkylation sites (tertiary alicyclic amines) is 1. The Balaban J connectivity index is 0.611. The monoisotopic (exact) mass is 1180 g/mol. The normalized spacial score (nSPS) is 16.2. The number of rotatable bonds is 32. The molecule has 5 N–H and O–H groups in total. The van der Waals surface area contributed by atoms with Gasteiger partial charge in [0.05, 0.1) is 92.3 Å². The predicted molar refractivity (Wildman–Crippen MR) is 328 cm³/mol. The molecule has 85 heavy (non-hydrogen) atoms. The van der Waals surface area contributed by atoms with Crippen LogP contribution in [0.2, 0.25) is 0 Å². The zero-order chi connectivity index (χ0) is 59.9. The number of imidazole rings is 1. The zero-order valence-electron chi connectivity index (χ0n) is 49.3. The average Bonchev–Trinajstić information content (AvgIpc) is 1.92. The molecule has 3 aromatic carbocycles. The molecule has 0 bridgehead atoms. The highest BCUT2D eigenvalue weighted by Crippen LogP contribution is 2.40. The molecule has 18 nitrogen and oxygen atoms in total. The number of aliphatic hydroxyl groups is 1. The Morgan fingerprint density at radius 2 is 1.44 bits per heavy atom. The van der Waals surface area contributed by atoms with Crippen molar-refractivity contribution in [2.45, 2.75) is 110 Å². The molecule has 1 aliphatic carbocycles. The maximum Gasteiger partial charge on any atom is 0.227 e. The highest BCUT2D eigenvalue weighted by atomic mass is 32.1. The summed E-state index contributed by atoms with van der Waals surface area (Å²) in [6.45, 7) is 10.0. The zero-order valence-corrected chi connectivity index (χ0v) is 50.2. The van der Waals surface area contributed by atoms with E-state index in [4.69, 9.17) is 45.1 Å². The SMILES string of the molecule is Cc1ncsc1-c1ccc(CCC(=O)[C@@H]2C[C@@H](O)CN2C(=O)[C@@H](CC(=O)COCCOCCOCCOCCOCC(=O)CCCc2cccc(-c3ccc4nc(-c5cccnc5N)n(-c5ccc(C6(N)CCC6)cc5)c4n3)c2)C(C)(C)C)cc1. The molecule has 2 fully saturated rings. The van der Waals surface area contributed by atoms with Crippen molar-refractivity contribution in [1.82, 2.24) is 29.4 Å². The van der Waals surface area contributed by atoms with Crippen LogP contribution in [0.5, 0.6) is 0 Å². The van der Waals surface area contributed by atoms with Crippen molar-refractivity contribution < 1.29 is 48.0 Å². The predicted octanol–water partition coefficient (Wildman–Crippen LogP) is 9.26. The molecule has 2 aliphatic rings. The average molecular weight is 1180 g/mol. The summed E-state index contributed by atoms with van der Waals surface area (Å²) in [5.74, 6) is -0.268. The second-order valence-electron chi connectivity index (χ2n) is 23.3. The number of β-amino-alcohol motifs (C(OH)–C–C–N with tert-alkyl or cyclic N) is 1. The van der Waals surface area contributed by atoms with Crippen molar-refractivity contribution >= 4 is 51.6 Å². The Morgan fingerprint density at radius 3 is 2.07 bits per heavy atom. The minimum absolute atomic E-state index is 0.0215. The molecule has 0 spiro atoms. The lowest BCUT2D eigenvalue weighted by Crippen LogP contribution is -2.47. The van der Waals surface area contributed by atoms with Crippen molar-refractivity contribution in [2.24, 2.45) is 17.1 Å². The molecule has 0 unspecified atom stereocenters. The standard InChI is InChI=1S/C66H80N8O10S/c1-44-60(85-43-70-44)47-17-14-45(15-18-47)16-25-59(78)58-39-52(76)40-73(58)64(79)55(65(2,3)4)38-53(77)42-84-36-34-82-32-30-80-29-31-81-33-35-83-41-51(75)12-6-10-46-9-5-11-48(37-46)56-23-24-57-63(71-56)74(62(72-57)54-13-7-28-69-61(54)67)50-21-19-49(20-22-50)66(68)26-8-27-66/h5,7,9,11,13-15,17-24,28,37,43,52,55,58,76H,6,8,10,12,16,25-27,29-36,38-42,68H2,1-4H3,(H2,67,69)/t52-,55-,58+/m1/s1. The molecular weight excluding hydrogens is 1100 g/mol. The number of fused-ring (bicyclic) bond motifs is 1. The van der Waals surface area contributed by atoms with Gasteiger partial charge in [-0.05, 0) is 116 Å². The van der Waals surface area contributed by atoms with Gasteiger partial charge in [0.25, 0.3) is 0 Å². The van der Waals surface area contributed by atoms with Gasteiger partial charge in [-0.25, -0.2) is 19.9 Å². The first-order valence-corrected chi connectivity index (χ1v) is 30.4. The molecular formula is C66H80N8O10S. The number of nitrogen functional groups attached to an aromatic ring is 1. The van der Waals surface area contributed by atoms with Crippen molar-refractivity contribution in [3.63, 3.8) is 0 Å². The van der Waals surface area contributed by atoms with E-state index in [1.54, 1.807) is 17.5 Å². The largest absolute Gasteiger partial charge is 0.391 e. The van der Waals surface area contributed by atoms with Crippen LogP contribution < -0.4 is 11.5 Å². The lowest BCUT2D eigenvalue weighted by molar-refractivity contribution is -0.146. The van der Waals surface area contributed by atoms with Crippen LogP contribution in [0, 0.1) is 18.3 Å². The summed E-state index contributed by atoms with van der Waals surface area (Å²) < 4.78 is 30.1. The van der Waals surface area contributed by atoms with Crippen LogP contribution in [0.15, 0.2) is 109 Å². The lowest BCUT2D eigenvalue weighted by atomic mass is 9.73. The molecule has 1 saturated heterocycles. The van der Waals surface area contributed by atoms with E-state index >= 15 is 0 Å². The fourth-order valence-corrected chi connectivity index (χ4v) is 11.8. The van der Waals surface area contributed by atoms with Gasteiger partial charge in [-0.2, -0.15) is 0 Å². The van der Waals surface area contributed by atoms with Crippen LogP contribution in [0.3, 0.4) is 0 Å². The van der Waals surface area contributed by atoms with E-state index in [2.05, 4.69) is 46.4 Å². The minimum Gasteiger partial charge on any atom is -0.391 e. The summed E-state index contributed by atoms with van der Waals surface area (Å²) in [7, 11) is 0. The van der Waals surface area contributed by atoms with E-state index < -0.39 is 23.5 Å². The van der Waals surface area contributed by atoms with Gasteiger partial charge in [-0.1, -0.05) is 75.4 Å². The third-order valence-electron chi connectivity index (χ3n) is 16.0. The van der Waals surface area contributed by atoms with Crippen molar-refractivity contribution in [3.05, 3.63) is 131 Å². The first kappa shape index (κ1) is 62.6. The van der Waals surface area contributed by atoms with E-state index in [1.807, 2.05) is 98.4 Å². The number of ketones is 3. The number of carbonyl (C=O) groups excluding carboxylic acids is 4. The van der Waals surface area contributed by atoms with Gasteiger partial charge in [0, 0.05) is 61.1 Å². The minimum atomic E-state index is -0.814. The fourth-order valence-electron chi connectivity index (χ4n) is 11.0. The van der Waals surface area contributed by atoms with Crippen LogP contribution >= 0.6 is 11.3 Å². The number of nitrogens with two attached hydrogens (primary N) is 2. The van der Waals surface area contributed by atoms with E-state index in [1.165, 1.54) is 4.90 Å². The first-order chi connectivity index (χ1) is 41.0. The van der Waals surface area contributed by atoms with Gasteiger partial charge in [-0.15, -0.1) is 11.3 Å². The molecule has 1 amide bonds. The molecule has 9 rings (SSSR count). The molecule has 4 aromatic heterocycles. The Bertz CT molecular complexity index is 3370. The topological polar surface area (TPSA) is 246 Å². The molecule has 7 aromatic rings. The lowest BCUT2D eigenvalue weighted by Gasteiger charge is -2.38.